The van der Waals surface area contributed by atoms with Crippen molar-refractivity contribution in [1.82, 2.24) is 4.90 Å². The summed E-state index contributed by atoms with van der Waals surface area (Å²) >= 11 is 1.49. The Morgan fingerprint density at radius 1 is 1.38 bits per heavy atom. The van der Waals surface area contributed by atoms with E-state index in [2.05, 4.69) is 9.80 Å². The number of β-amino-alcohol motifs (C(OH)–C–C–N with tert-alkyl or cyclic N) is 1. The van der Waals surface area contributed by atoms with Crippen molar-refractivity contribution < 1.29 is 9.90 Å². The zero-order valence-electron chi connectivity index (χ0n) is 9.13. The van der Waals surface area contributed by atoms with Crippen LogP contribution in [0.5, 0.6) is 0 Å². The highest BCUT2D eigenvalue weighted by Gasteiger charge is 2.17. The van der Waals surface area contributed by atoms with Crippen molar-refractivity contribution in [1.29, 1.82) is 0 Å². The first-order valence-corrected chi connectivity index (χ1v) is 6.33. The van der Waals surface area contributed by atoms with Crippen molar-refractivity contribution in [2.75, 3.05) is 44.2 Å². The smallest absolute Gasteiger partial charge is 0.160 e. The second-order valence-electron chi connectivity index (χ2n) is 3.88. The second-order valence-corrected chi connectivity index (χ2v) is 4.82. The third kappa shape index (κ3) is 2.61. The van der Waals surface area contributed by atoms with Gasteiger partial charge < -0.3 is 10.0 Å². The number of aliphatic hydroxyl groups excluding tert-OH is 1. The van der Waals surface area contributed by atoms with Crippen molar-refractivity contribution >= 4 is 23.3 Å². The van der Waals surface area contributed by atoms with Crippen molar-refractivity contribution in [3.8, 4) is 0 Å². The van der Waals surface area contributed by atoms with Crippen LogP contribution >= 0.6 is 11.3 Å². The zero-order valence-corrected chi connectivity index (χ0v) is 9.95. The molecule has 88 valence electrons. The maximum Gasteiger partial charge on any atom is 0.160 e. The van der Waals surface area contributed by atoms with Crippen molar-refractivity contribution in [2.24, 2.45) is 0 Å². The fraction of sp³-hybridized carbons (Fsp3) is 0.545. The van der Waals surface area contributed by atoms with Gasteiger partial charge in [0.05, 0.1) is 11.5 Å². The highest BCUT2D eigenvalue weighted by Crippen LogP contribution is 2.22. The van der Waals surface area contributed by atoms with Crippen LogP contribution in [0.25, 0.3) is 0 Å². The number of hydrogen-bond acceptors (Lipinski definition) is 5. The number of carbonyl (C=O) groups is 1. The predicted molar refractivity (Wildman–Crippen MR) is 65.4 cm³/mol. The summed E-state index contributed by atoms with van der Waals surface area (Å²) in [6.45, 7) is 4.88. The molecule has 5 heteroatoms. The van der Waals surface area contributed by atoms with Crippen LogP contribution in [0.3, 0.4) is 0 Å². The highest BCUT2D eigenvalue weighted by molar-refractivity contribution is 7.12. The largest absolute Gasteiger partial charge is 0.395 e. The second kappa shape index (κ2) is 5.43. The molecule has 0 atom stereocenters. The van der Waals surface area contributed by atoms with Gasteiger partial charge in [-0.3, -0.25) is 9.69 Å². The molecule has 4 nitrogen and oxygen atoms in total. The normalized spacial score (nSPS) is 17.7. The Bertz CT molecular complexity index is 346. The van der Waals surface area contributed by atoms with Crippen molar-refractivity contribution in [3.05, 3.63) is 16.3 Å². The topological polar surface area (TPSA) is 43.8 Å². The average molecular weight is 240 g/mol. The van der Waals surface area contributed by atoms with Gasteiger partial charge in [-0.15, -0.1) is 11.3 Å². The average Bonchev–Trinajstić information content (AvgIpc) is 2.79. The van der Waals surface area contributed by atoms with E-state index in [1.54, 1.807) is 0 Å². The Hall–Kier alpha value is -0.910. The molecule has 1 aliphatic heterocycles. The number of anilines is 1. The highest BCUT2D eigenvalue weighted by atomic mass is 32.1. The lowest BCUT2D eigenvalue weighted by molar-refractivity contribution is 0.112. The standard InChI is InChI=1S/C11H16N2O2S/c14-6-5-12-1-3-13(4-2-12)10-7-11(8-15)16-9-10/h7-9,14H,1-6H2. The zero-order chi connectivity index (χ0) is 11.4. The number of piperazine rings is 1. The summed E-state index contributed by atoms with van der Waals surface area (Å²) < 4.78 is 0. The summed E-state index contributed by atoms with van der Waals surface area (Å²) in [5, 5.41) is 10.9. The molecular weight excluding hydrogens is 224 g/mol. The van der Waals surface area contributed by atoms with E-state index in [0.29, 0.717) is 0 Å². The molecule has 0 unspecified atom stereocenters. The maximum absolute atomic E-state index is 10.6. The van der Waals surface area contributed by atoms with Crippen LogP contribution in [0.4, 0.5) is 5.69 Å². The third-order valence-corrected chi connectivity index (χ3v) is 3.72. The quantitative estimate of drug-likeness (QED) is 0.786. The van der Waals surface area contributed by atoms with E-state index in [4.69, 9.17) is 5.11 Å². The van der Waals surface area contributed by atoms with E-state index in [-0.39, 0.29) is 6.61 Å². The van der Waals surface area contributed by atoms with Crippen molar-refractivity contribution in [2.45, 2.75) is 0 Å². The molecule has 2 rings (SSSR count). The van der Waals surface area contributed by atoms with Crippen LogP contribution in [0.1, 0.15) is 9.67 Å². The van der Waals surface area contributed by atoms with Crippen LogP contribution in [0.2, 0.25) is 0 Å². The molecule has 0 bridgehead atoms. The molecular formula is C11H16N2O2S. The number of hydrogen-bond donors (Lipinski definition) is 1. The summed E-state index contributed by atoms with van der Waals surface area (Å²) in [7, 11) is 0. The molecule has 1 saturated heterocycles. The van der Waals surface area contributed by atoms with Gasteiger partial charge in [0.2, 0.25) is 0 Å². The first kappa shape index (κ1) is 11.6. The molecule has 1 aromatic heterocycles. The molecule has 1 aliphatic rings. The Morgan fingerprint density at radius 2 is 2.12 bits per heavy atom. The molecule has 0 spiro atoms. The number of nitrogens with zero attached hydrogens (tertiary/aromatic N) is 2. The Kier molecular flexibility index (Phi) is 3.93. The fourth-order valence-electron chi connectivity index (χ4n) is 1.94. The summed E-state index contributed by atoms with van der Waals surface area (Å²) in [5.41, 5.74) is 1.15. The number of aliphatic hydroxyl groups is 1. The Balaban J connectivity index is 1.91. The van der Waals surface area contributed by atoms with Gasteiger partial charge in [-0.05, 0) is 6.07 Å². The van der Waals surface area contributed by atoms with Gasteiger partial charge in [0.15, 0.2) is 6.29 Å². The number of aldehydes is 1. The van der Waals surface area contributed by atoms with E-state index < -0.39 is 0 Å². The first-order valence-electron chi connectivity index (χ1n) is 5.45. The maximum atomic E-state index is 10.6. The monoisotopic (exact) mass is 240 g/mol. The number of carbonyl (C=O) groups excluding carboxylic acids is 1. The van der Waals surface area contributed by atoms with Gasteiger partial charge in [0, 0.05) is 43.8 Å². The van der Waals surface area contributed by atoms with Crippen LogP contribution < -0.4 is 4.90 Å². The van der Waals surface area contributed by atoms with Crippen LogP contribution in [-0.4, -0.2) is 55.6 Å². The molecule has 0 amide bonds. The Morgan fingerprint density at radius 3 is 2.69 bits per heavy atom. The van der Waals surface area contributed by atoms with Gasteiger partial charge in [-0.2, -0.15) is 0 Å². The lowest BCUT2D eigenvalue weighted by Crippen LogP contribution is -2.47. The lowest BCUT2D eigenvalue weighted by atomic mass is 10.3. The SMILES string of the molecule is O=Cc1cc(N2CCN(CCO)CC2)cs1. The molecule has 0 saturated carbocycles. The molecule has 16 heavy (non-hydrogen) atoms. The van der Waals surface area contributed by atoms with Gasteiger partial charge in [-0.25, -0.2) is 0 Å². The summed E-state index contributed by atoms with van der Waals surface area (Å²) in [5.74, 6) is 0. The molecule has 0 radical (unpaired) electrons. The minimum atomic E-state index is 0.230. The fourth-order valence-corrected chi connectivity index (χ4v) is 2.66. The lowest BCUT2D eigenvalue weighted by Gasteiger charge is -2.35. The van der Waals surface area contributed by atoms with E-state index in [1.807, 2.05) is 11.4 Å². The van der Waals surface area contributed by atoms with Gasteiger partial charge >= 0.3 is 0 Å². The molecule has 0 aromatic carbocycles. The molecule has 1 N–H and O–H groups in total. The number of thiophene rings is 1. The molecule has 1 aromatic rings. The van der Waals surface area contributed by atoms with E-state index in [9.17, 15) is 4.79 Å². The minimum absolute atomic E-state index is 0.230. The van der Waals surface area contributed by atoms with E-state index >= 15 is 0 Å². The first-order chi connectivity index (χ1) is 7.83. The van der Waals surface area contributed by atoms with Crippen LogP contribution in [-0.2, 0) is 0 Å². The molecule has 2 heterocycles. The van der Waals surface area contributed by atoms with E-state index in [1.165, 1.54) is 11.3 Å². The van der Waals surface area contributed by atoms with Crippen LogP contribution in [0, 0.1) is 0 Å². The minimum Gasteiger partial charge on any atom is -0.395 e. The Labute approximate surface area is 99.1 Å². The third-order valence-electron chi connectivity index (χ3n) is 2.88. The molecule has 0 aliphatic carbocycles. The van der Waals surface area contributed by atoms with Crippen molar-refractivity contribution in [3.63, 3.8) is 0 Å². The van der Waals surface area contributed by atoms with Gasteiger partial charge in [0.1, 0.15) is 0 Å². The van der Waals surface area contributed by atoms with Crippen LogP contribution in [0.15, 0.2) is 11.4 Å². The number of rotatable bonds is 4. The predicted octanol–water partition coefficient (Wildman–Crippen LogP) is 0.675. The summed E-state index contributed by atoms with van der Waals surface area (Å²) in [4.78, 5) is 15.9. The van der Waals surface area contributed by atoms with Gasteiger partial charge in [0.25, 0.3) is 0 Å². The van der Waals surface area contributed by atoms with E-state index in [0.717, 1.165) is 49.6 Å². The summed E-state index contributed by atoms with van der Waals surface area (Å²) in [6.07, 6.45) is 0.899. The molecule has 1 fully saturated rings. The summed E-state index contributed by atoms with van der Waals surface area (Å²) in [6, 6.07) is 1.94. The van der Waals surface area contributed by atoms with Gasteiger partial charge in [-0.1, -0.05) is 0 Å².